The summed E-state index contributed by atoms with van der Waals surface area (Å²) in [7, 11) is 0. The minimum atomic E-state index is 0.478. The van der Waals surface area contributed by atoms with Gasteiger partial charge in [0.05, 0.1) is 0 Å². The van der Waals surface area contributed by atoms with Gasteiger partial charge in [-0.3, -0.25) is 0 Å². The quantitative estimate of drug-likeness (QED) is 0.506. The van der Waals surface area contributed by atoms with E-state index >= 15 is 0 Å². The van der Waals surface area contributed by atoms with Gasteiger partial charge in [-0.25, -0.2) is 0 Å². The third-order valence-electron chi connectivity index (χ3n) is 3.84. The third kappa shape index (κ3) is 6.55. The van der Waals surface area contributed by atoms with Crippen molar-refractivity contribution in [2.45, 2.75) is 80.6 Å². The summed E-state index contributed by atoms with van der Waals surface area (Å²) in [6.45, 7) is 16.7. The fraction of sp³-hybridized carbons (Fsp3) is 1.00. The van der Waals surface area contributed by atoms with Crippen LogP contribution in [0.1, 0.15) is 80.6 Å². The van der Waals surface area contributed by atoms with E-state index in [-0.39, 0.29) is 0 Å². The smallest absolute Gasteiger partial charge is 0.0340 e. The van der Waals surface area contributed by atoms with Crippen LogP contribution in [0.15, 0.2) is 0 Å². The van der Waals surface area contributed by atoms with Gasteiger partial charge in [0.2, 0.25) is 0 Å². The van der Waals surface area contributed by atoms with Gasteiger partial charge in [0.1, 0.15) is 0 Å². The summed E-state index contributed by atoms with van der Waals surface area (Å²) < 4.78 is 0. The minimum absolute atomic E-state index is 0.478. The van der Waals surface area contributed by atoms with E-state index < -0.39 is 0 Å². The number of rotatable bonds is 7. The summed E-state index contributed by atoms with van der Waals surface area (Å²) in [5.41, 5.74) is 0.478. The van der Waals surface area contributed by atoms with Gasteiger partial charge in [-0.15, -0.1) is 0 Å². The van der Waals surface area contributed by atoms with Crippen molar-refractivity contribution in [2.24, 2.45) is 23.2 Å². The Hall–Kier alpha value is 0. The summed E-state index contributed by atoms with van der Waals surface area (Å²) in [5.74, 6) is 2.64. The molecule has 0 aromatic carbocycles. The highest BCUT2D eigenvalue weighted by atomic mass is 14.3. The van der Waals surface area contributed by atoms with Crippen molar-refractivity contribution in [1.82, 2.24) is 0 Å². The van der Waals surface area contributed by atoms with E-state index in [0.29, 0.717) is 5.41 Å². The maximum absolute atomic E-state index is 2.45. The minimum Gasteiger partial charge on any atom is -0.0654 e. The molecule has 0 aliphatic rings. The Labute approximate surface area is 104 Å². The molecule has 0 fully saturated rings. The Bertz CT molecular complexity index is 161. The van der Waals surface area contributed by atoms with Crippen LogP contribution in [0.4, 0.5) is 0 Å². The van der Waals surface area contributed by atoms with Crippen LogP contribution in [0.25, 0.3) is 0 Å². The van der Waals surface area contributed by atoms with E-state index in [1.807, 2.05) is 0 Å². The summed E-state index contributed by atoms with van der Waals surface area (Å²) in [5, 5.41) is 0. The van der Waals surface area contributed by atoms with Crippen molar-refractivity contribution in [1.29, 1.82) is 0 Å². The molecule has 2 atom stereocenters. The predicted octanol–water partition coefficient (Wildman–Crippen LogP) is 5.91. The van der Waals surface area contributed by atoms with Crippen molar-refractivity contribution >= 4 is 0 Å². The Morgan fingerprint density at radius 2 is 1.44 bits per heavy atom. The van der Waals surface area contributed by atoms with Gasteiger partial charge in [0.15, 0.2) is 0 Å². The van der Waals surface area contributed by atoms with Crippen molar-refractivity contribution in [3.8, 4) is 0 Å². The van der Waals surface area contributed by atoms with Gasteiger partial charge in [0, 0.05) is 0 Å². The Balaban J connectivity index is 4.22. The molecule has 0 saturated carbocycles. The molecule has 0 bridgehead atoms. The number of hydrogen-bond donors (Lipinski definition) is 0. The molecule has 0 aliphatic carbocycles. The highest BCUT2D eigenvalue weighted by Crippen LogP contribution is 2.38. The first-order valence-electron chi connectivity index (χ1n) is 7.29. The van der Waals surface area contributed by atoms with Crippen LogP contribution < -0.4 is 0 Å². The van der Waals surface area contributed by atoms with Gasteiger partial charge in [-0.05, 0) is 29.6 Å². The van der Waals surface area contributed by atoms with E-state index in [9.17, 15) is 0 Å². The highest BCUT2D eigenvalue weighted by molar-refractivity contribution is 4.78. The molecule has 0 amide bonds. The molecule has 0 radical (unpaired) electrons. The molecule has 0 nitrogen and oxygen atoms in total. The molecule has 98 valence electrons. The van der Waals surface area contributed by atoms with Crippen LogP contribution in [0.3, 0.4) is 0 Å². The first kappa shape index (κ1) is 16.0. The van der Waals surface area contributed by atoms with Gasteiger partial charge in [-0.2, -0.15) is 0 Å². The van der Waals surface area contributed by atoms with Gasteiger partial charge in [0.25, 0.3) is 0 Å². The van der Waals surface area contributed by atoms with Crippen LogP contribution in [0, 0.1) is 23.2 Å². The summed E-state index contributed by atoms with van der Waals surface area (Å²) in [6.07, 6.45) is 6.95. The molecule has 2 unspecified atom stereocenters. The zero-order valence-electron chi connectivity index (χ0n) is 12.8. The van der Waals surface area contributed by atoms with Crippen LogP contribution >= 0.6 is 0 Å². The molecule has 0 saturated heterocycles. The van der Waals surface area contributed by atoms with Crippen LogP contribution in [0.5, 0.6) is 0 Å². The summed E-state index contributed by atoms with van der Waals surface area (Å²) in [6, 6.07) is 0. The molecule has 0 N–H and O–H groups in total. The zero-order valence-corrected chi connectivity index (χ0v) is 12.8. The van der Waals surface area contributed by atoms with Crippen molar-refractivity contribution in [2.75, 3.05) is 0 Å². The van der Waals surface area contributed by atoms with Crippen molar-refractivity contribution in [3.05, 3.63) is 0 Å². The van der Waals surface area contributed by atoms with E-state index in [1.165, 1.54) is 32.1 Å². The van der Waals surface area contributed by atoms with E-state index in [4.69, 9.17) is 0 Å². The number of hydrogen-bond acceptors (Lipinski definition) is 0. The van der Waals surface area contributed by atoms with Crippen LogP contribution in [-0.4, -0.2) is 0 Å². The van der Waals surface area contributed by atoms with Gasteiger partial charge in [-0.1, -0.05) is 74.1 Å². The molecule has 0 spiro atoms. The lowest BCUT2D eigenvalue weighted by Gasteiger charge is -2.36. The second kappa shape index (κ2) is 7.35. The summed E-state index contributed by atoms with van der Waals surface area (Å²) >= 11 is 0. The predicted molar refractivity (Wildman–Crippen MR) is 75.7 cm³/mol. The van der Waals surface area contributed by atoms with Gasteiger partial charge >= 0.3 is 0 Å². The summed E-state index contributed by atoms with van der Waals surface area (Å²) in [4.78, 5) is 0. The molecule has 0 heteroatoms. The molecule has 0 rings (SSSR count). The molecule has 0 aromatic heterocycles. The molecule has 0 aliphatic heterocycles. The molecular formula is C16H34. The normalized spacial score (nSPS) is 16.5. The van der Waals surface area contributed by atoms with Crippen molar-refractivity contribution in [3.63, 3.8) is 0 Å². The largest absolute Gasteiger partial charge is 0.0654 e. The first-order chi connectivity index (χ1) is 7.29. The Morgan fingerprint density at radius 1 is 0.875 bits per heavy atom. The van der Waals surface area contributed by atoms with E-state index in [1.54, 1.807) is 0 Å². The molecule has 16 heavy (non-hydrogen) atoms. The first-order valence-corrected chi connectivity index (χ1v) is 7.29. The maximum atomic E-state index is 2.45. The molecular weight excluding hydrogens is 192 g/mol. The second-order valence-electron chi connectivity index (χ2n) is 7.06. The second-order valence-corrected chi connectivity index (χ2v) is 7.06. The molecule has 0 heterocycles. The SMILES string of the molecule is CCCC(C)C(CCCC(C)C)C(C)(C)C. The maximum Gasteiger partial charge on any atom is -0.0340 e. The lowest BCUT2D eigenvalue weighted by Crippen LogP contribution is -2.27. The average molecular weight is 226 g/mol. The highest BCUT2D eigenvalue weighted by Gasteiger charge is 2.28. The Morgan fingerprint density at radius 3 is 1.81 bits per heavy atom. The molecule has 0 aromatic rings. The topological polar surface area (TPSA) is 0 Å². The fourth-order valence-corrected chi connectivity index (χ4v) is 2.97. The van der Waals surface area contributed by atoms with E-state index in [0.717, 1.165) is 17.8 Å². The third-order valence-corrected chi connectivity index (χ3v) is 3.84. The fourth-order valence-electron chi connectivity index (χ4n) is 2.97. The zero-order chi connectivity index (χ0) is 12.8. The lowest BCUT2D eigenvalue weighted by molar-refractivity contribution is 0.143. The van der Waals surface area contributed by atoms with Crippen molar-refractivity contribution < 1.29 is 0 Å². The average Bonchev–Trinajstić information content (AvgIpc) is 2.10. The van der Waals surface area contributed by atoms with Gasteiger partial charge < -0.3 is 0 Å². The standard InChI is InChI=1S/C16H34/c1-8-10-14(4)15(16(5,6)7)12-9-11-13(2)3/h13-15H,8-12H2,1-7H3. The lowest BCUT2D eigenvalue weighted by atomic mass is 9.70. The monoisotopic (exact) mass is 226 g/mol. The van der Waals surface area contributed by atoms with Crippen LogP contribution in [-0.2, 0) is 0 Å². The Kier molecular flexibility index (Phi) is 7.35. The van der Waals surface area contributed by atoms with Crippen LogP contribution in [0.2, 0.25) is 0 Å². The van der Waals surface area contributed by atoms with E-state index in [2.05, 4.69) is 48.5 Å².